The van der Waals surface area contributed by atoms with Gasteiger partial charge in [-0.15, -0.1) is 0 Å². The molecule has 1 aliphatic carbocycles. The van der Waals surface area contributed by atoms with Crippen LogP contribution in [0.1, 0.15) is 33.1 Å². The van der Waals surface area contributed by atoms with Gasteiger partial charge in [-0.3, -0.25) is 4.90 Å². The van der Waals surface area contributed by atoms with Gasteiger partial charge in [-0.25, -0.2) is 0 Å². The molecule has 0 saturated heterocycles. The first kappa shape index (κ1) is 16.7. The Kier molecular flexibility index (Phi) is 5.65. The highest BCUT2D eigenvalue weighted by Gasteiger charge is 2.39. The van der Waals surface area contributed by atoms with Crippen LogP contribution >= 0.6 is 0 Å². The molecule has 1 rings (SSSR count). The summed E-state index contributed by atoms with van der Waals surface area (Å²) < 4.78 is 37.3. The second kappa shape index (κ2) is 6.41. The van der Waals surface area contributed by atoms with Gasteiger partial charge in [0.15, 0.2) is 0 Å². The van der Waals surface area contributed by atoms with Crippen LogP contribution in [-0.4, -0.2) is 53.6 Å². The summed E-state index contributed by atoms with van der Waals surface area (Å²) >= 11 is 0. The average Bonchev–Trinajstić information content (AvgIpc) is 2.23. The average molecular weight is 283 g/mol. The Hall–Kier alpha value is -0.330. The number of hydrogen-bond donors (Lipinski definition) is 2. The molecule has 1 aliphatic rings. The maximum atomic E-state index is 12.4. The van der Waals surface area contributed by atoms with Crippen LogP contribution in [-0.2, 0) is 0 Å². The van der Waals surface area contributed by atoms with Crippen LogP contribution in [0.25, 0.3) is 0 Å². The standard InChI is InChI=1S/C13H24F3NO2/c1-12(2)5-3-4-10(11(12)19)8-17(6-7-18)9-13(14,15)16/h10-11,18-19H,3-9H2,1-2H3. The third kappa shape index (κ3) is 5.28. The normalized spacial score (nSPS) is 27.8. The number of hydrogen-bond acceptors (Lipinski definition) is 3. The molecule has 0 aromatic heterocycles. The SMILES string of the molecule is CC1(C)CCCC(CN(CCO)CC(F)(F)F)C1O. The van der Waals surface area contributed by atoms with Gasteiger partial charge < -0.3 is 10.2 Å². The largest absolute Gasteiger partial charge is 0.401 e. The molecule has 1 fully saturated rings. The van der Waals surface area contributed by atoms with Gasteiger partial charge in [0.2, 0.25) is 0 Å². The summed E-state index contributed by atoms with van der Waals surface area (Å²) in [6.07, 6.45) is -2.30. The van der Waals surface area contributed by atoms with Crippen LogP contribution in [0.5, 0.6) is 0 Å². The molecule has 0 amide bonds. The topological polar surface area (TPSA) is 43.7 Å². The minimum absolute atomic E-state index is 0.0108. The van der Waals surface area contributed by atoms with E-state index in [1.165, 1.54) is 4.90 Å². The molecule has 2 atom stereocenters. The van der Waals surface area contributed by atoms with E-state index in [1.807, 2.05) is 13.8 Å². The number of aliphatic hydroxyl groups is 2. The van der Waals surface area contributed by atoms with Gasteiger partial charge in [0.25, 0.3) is 0 Å². The third-order valence-electron chi connectivity index (χ3n) is 3.96. The van der Waals surface area contributed by atoms with Crippen molar-refractivity contribution in [3.05, 3.63) is 0 Å². The van der Waals surface area contributed by atoms with Crippen molar-refractivity contribution in [3.8, 4) is 0 Å². The highest BCUT2D eigenvalue weighted by molar-refractivity contribution is 4.89. The molecule has 2 unspecified atom stereocenters. The first-order chi connectivity index (χ1) is 8.65. The summed E-state index contributed by atoms with van der Waals surface area (Å²) in [6.45, 7) is 2.74. The summed E-state index contributed by atoms with van der Waals surface area (Å²) in [7, 11) is 0. The monoisotopic (exact) mass is 283 g/mol. The fourth-order valence-electron chi connectivity index (χ4n) is 2.92. The number of alkyl halides is 3. The fourth-order valence-corrected chi connectivity index (χ4v) is 2.92. The zero-order valence-electron chi connectivity index (χ0n) is 11.6. The van der Waals surface area contributed by atoms with Gasteiger partial charge in [0.1, 0.15) is 0 Å². The quantitative estimate of drug-likeness (QED) is 0.811. The van der Waals surface area contributed by atoms with E-state index in [9.17, 15) is 18.3 Å². The highest BCUT2D eigenvalue weighted by atomic mass is 19.4. The van der Waals surface area contributed by atoms with Crippen LogP contribution in [0.15, 0.2) is 0 Å². The van der Waals surface area contributed by atoms with Gasteiger partial charge >= 0.3 is 6.18 Å². The van der Waals surface area contributed by atoms with Gasteiger partial charge in [-0.2, -0.15) is 13.2 Å². The van der Waals surface area contributed by atoms with E-state index in [0.29, 0.717) is 0 Å². The molecule has 0 bridgehead atoms. The van der Waals surface area contributed by atoms with Crippen molar-refractivity contribution in [1.29, 1.82) is 0 Å². The van der Waals surface area contributed by atoms with Crippen LogP contribution < -0.4 is 0 Å². The summed E-state index contributed by atoms with van der Waals surface area (Å²) in [6, 6.07) is 0. The van der Waals surface area contributed by atoms with Crippen LogP contribution in [0, 0.1) is 11.3 Å². The number of halogens is 3. The van der Waals surface area contributed by atoms with Crippen molar-refractivity contribution < 1.29 is 23.4 Å². The van der Waals surface area contributed by atoms with Gasteiger partial charge in [-0.05, 0) is 24.2 Å². The Morgan fingerprint density at radius 1 is 1.32 bits per heavy atom. The molecule has 0 aromatic rings. The molecule has 19 heavy (non-hydrogen) atoms. The van der Waals surface area contributed by atoms with E-state index in [1.54, 1.807) is 0 Å². The summed E-state index contributed by atoms with van der Waals surface area (Å²) in [5, 5.41) is 19.1. The molecule has 0 spiro atoms. The predicted molar refractivity (Wildman–Crippen MR) is 66.7 cm³/mol. The Bertz CT molecular complexity index is 282. The number of rotatable bonds is 5. The van der Waals surface area contributed by atoms with E-state index in [2.05, 4.69) is 0 Å². The predicted octanol–water partition coefficient (Wildman–Crippen LogP) is 2.03. The van der Waals surface area contributed by atoms with Crippen molar-refractivity contribution in [2.75, 3.05) is 26.2 Å². The lowest BCUT2D eigenvalue weighted by molar-refractivity contribution is -0.151. The maximum Gasteiger partial charge on any atom is 0.401 e. The van der Waals surface area contributed by atoms with Gasteiger partial charge in [0, 0.05) is 13.1 Å². The van der Waals surface area contributed by atoms with Crippen LogP contribution in [0.4, 0.5) is 13.2 Å². The van der Waals surface area contributed by atoms with Crippen LogP contribution in [0.3, 0.4) is 0 Å². The summed E-state index contributed by atoms with van der Waals surface area (Å²) in [4.78, 5) is 1.19. The van der Waals surface area contributed by atoms with E-state index in [-0.39, 0.29) is 31.0 Å². The first-order valence-corrected chi connectivity index (χ1v) is 6.74. The Morgan fingerprint density at radius 2 is 1.95 bits per heavy atom. The molecule has 6 heteroatoms. The molecule has 0 aliphatic heterocycles. The highest BCUT2D eigenvalue weighted by Crippen LogP contribution is 2.39. The maximum absolute atomic E-state index is 12.4. The zero-order chi connectivity index (χ0) is 14.7. The third-order valence-corrected chi connectivity index (χ3v) is 3.96. The molecular weight excluding hydrogens is 259 g/mol. The molecule has 3 nitrogen and oxygen atoms in total. The smallest absolute Gasteiger partial charge is 0.395 e. The fraction of sp³-hybridized carbons (Fsp3) is 1.00. The molecule has 1 saturated carbocycles. The Morgan fingerprint density at radius 3 is 2.47 bits per heavy atom. The lowest BCUT2D eigenvalue weighted by atomic mass is 9.69. The second-order valence-corrected chi connectivity index (χ2v) is 6.16. The lowest BCUT2D eigenvalue weighted by Gasteiger charge is -2.42. The van der Waals surface area contributed by atoms with Crippen molar-refractivity contribution >= 4 is 0 Å². The molecule has 0 aromatic carbocycles. The van der Waals surface area contributed by atoms with E-state index in [0.717, 1.165) is 19.3 Å². The molecule has 0 radical (unpaired) electrons. The van der Waals surface area contributed by atoms with E-state index >= 15 is 0 Å². The van der Waals surface area contributed by atoms with Crippen LogP contribution in [0.2, 0.25) is 0 Å². The molecule has 2 N–H and O–H groups in total. The number of aliphatic hydroxyl groups excluding tert-OH is 2. The number of nitrogens with zero attached hydrogens (tertiary/aromatic N) is 1. The zero-order valence-corrected chi connectivity index (χ0v) is 11.6. The van der Waals surface area contributed by atoms with Crippen molar-refractivity contribution in [2.24, 2.45) is 11.3 Å². The summed E-state index contributed by atoms with van der Waals surface area (Å²) in [5.41, 5.74) is -0.244. The molecular formula is C13H24F3NO2. The Labute approximate surface area is 112 Å². The van der Waals surface area contributed by atoms with Crippen molar-refractivity contribution in [1.82, 2.24) is 4.90 Å². The van der Waals surface area contributed by atoms with E-state index < -0.39 is 18.8 Å². The lowest BCUT2D eigenvalue weighted by Crippen LogP contribution is -2.47. The Balaban J connectivity index is 2.62. The van der Waals surface area contributed by atoms with Gasteiger partial charge in [-0.1, -0.05) is 20.3 Å². The molecule has 114 valence electrons. The van der Waals surface area contributed by atoms with Crippen molar-refractivity contribution in [2.45, 2.75) is 45.4 Å². The van der Waals surface area contributed by atoms with Crippen molar-refractivity contribution in [3.63, 3.8) is 0 Å². The summed E-state index contributed by atoms with van der Waals surface area (Å²) in [5.74, 6) is -0.155. The second-order valence-electron chi connectivity index (χ2n) is 6.16. The minimum Gasteiger partial charge on any atom is -0.395 e. The van der Waals surface area contributed by atoms with Gasteiger partial charge in [0.05, 0.1) is 19.3 Å². The first-order valence-electron chi connectivity index (χ1n) is 6.74. The molecule has 0 heterocycles. The minimum atomic E-state index is -4.27. The van der Waals surface area contributed by atoms with E-state index in [4.69, 9.17) is 5.11 Å².